The molecule has 0 radical (unpaired) electrons. The molecule has 1 heterocycles. The van der Waals surface area contributed by atoms with Crippen molar-refractivity contribution in [1.29, 1.82) is 0 Å². The fraction of sp³-hybridized carbons (Fsp3) is 0.625. The summed E-state index contributed by atoms with van der Waals surface area (Å²) in [6.07, 6.45) is 10.9. The summed E-state index contributed by atoms with van der Waals surface area (Å²) < 4.78 is 5.72. The normalized spacial score (nSPS) is 18.6. The van der Waals surface area contributed by atoms with Crippen molar-refractivity contribution >= 4 is 5.91 Å². The molecule has 108 valence electrons. The van der Waals surface area contributed by atoms with Gasteiger partial charge < -0.3 is 10.1 Å². The van der Waals surface area contributed by atoms with Gasteiger partial charge in [0.25, 0.3) is 5.91 Å². The molecule has 0 saturated heterocycles. The highest BCUT2D eigenvalue weighted by Crippen LogP contribution is 2.27. The Kier molecular flexibility index (Phi) is 4.19. The Morgan fingerprint density at radius 3 is 2.90 bits per heavy atom. The first kappa shape index (κ1) is 13.4. The molecule has 4 heteroatoms. The van der Waals surface area contributed by atoms with Gasteiger partial charge >= 0.3 is 0 Å². The highest BCUT2D eigenvalue weighted by molar-refractivity contribution is 5.77. The molecule has 1 aromatic rings. The Labute approximate surface area is 119 Å². The zero-order valence-electron chi connectivity index (χ0n) is 11.9. The number of ether oxygens (including phenoxy) is 1. The summed E-state index contributed by atoms with van der Waals surface area (Å²) in [6, 6.07) is 2.24. The van der Waals surface area contributed by atoms with Crippen molar-refractivity contribution < 1.29 is 9.53 Å². The van der Waals surface area contributed by atoms with Gasteiger partial charge in [0.05, 0.1) is 0 Å². The van der Waals surface area contributed by atoms with Crippen LogP contribution in [0.3, 0.4) is 0 Å². The van der Waals surface area contributed by atoms with Gasteiger partial charge in [-0.2, -0.15) is 0 Å². The standard InChI is InChI=1S/C16H22N2O2/c19-16(18-12-5-1-2-6-12)11-20-15-9-10-17-14-8-4-3-7-13(14)15/h9-10,12H,1-8,11H2,(H,18,19). The van der Waals surface area contributed by atoms with Crippen LogP contribution in [0.25, 0.3) is 0 Å². The summed E-state index contributed by atoms with van der Waals surface area (Å²) in [6.45, 7) is 0.118. The lowest BCUT2D eigenvalue weighted by atomic mass is 9.95. The molecule has 1 amide bonds. The van der Waals surface area contributed by atoms with E-state index in [2.05, 4.69) is 10.3 Å². The third kappa shape index (κ3) is 3.11. The van der Waals surface area contributed by atoms with E-state index in [9.17, 15) is 4.79 Å². The number of hydrogen-bond acceptors (Lipinski definition) is 3. The van der Waals surface area contributed by atoms with Crippen molar-refractivity contribution in [3.05, 3.63) is 23.5 Å². The fourth-order valence-corrected chi connectivity index (χ4v) is 3.21. The van der Waals surface area contributed by atoms with E-state index in [0.29, 0.717) is 6.04 Å². The highest BCUT2D eigenvalue weighted by Gasteiger charge is 2.19. The second kappa shape index (κ2) is 6.25. The number of hydrogen-bond donors (Lipinski definition) is 1. The number of fused-ring (bicyclic) bond motifs is 1. The van der Waals surface area contributed by atoms with Crippen LogP contribution < -0.4 is 10.1 Å². The van der Waals surface area contributed by atoms with Gasteiger partial charge in [-0.1, -0.05) is 12.8 Å². The van der Waals surface area contributed by atoms with Crippen molar-refractivity contribution in [2.24, 2.45) is 0 Å². The summed E-state index contributed by atoms with van der Waals surface area (Å²) in [5, 5.41) is 3.05. The van der Waals surface area contributed by atoms with Crippen molar-refractivity contribution in [3.63, 3.8) is 0 Å². The van der Waals surface area contributed by atoms with Crippen molar-refractivity contribution in [2.75, 3.05) is 6.61 Å². The van der Waals surface area contributed by atoms with Crippen LogP contribution in [-0.2, 0) is 17.6 Å². The van der Waals surface area contributed by atoms with E-state index in [1.165, 1.54) is 31.2 Å². The third-order valence-corrected chi connectivity index (χ3v) is 4.27. The smallest absolute Gasteiger partial charge is 0.258 e. The van der Waals surface area contributed by atoms with Crippen LogP contribution in [0.2, 0.25) is 0 Å². The maximum absolute atomic E-state index is 11.9. The Morgan fingerprint density at radius 1 is 1.25 bits per heavy atom. The number of rotatable bonds is 4. The lowest BCUT2D eigenvalue weighted by Gasteiger charge is -2.18. The number of nitrogens with one attached hydrogen (secondary N) is 1. The number of amides is 1. The molecule has 4 nitrogen and oxygen atoms in total. The maximum atomic E-state index is 11.9. The number of pyridine rings is 1. The molecule has 2 aliphatic carbocycles. The van der Waals surface area contributed by atoms with Crippen LogP contribution in [-0.4, -0.2) is 23.5 Å². The summed E-state index contributed by atoms with van der Waals surface area (Å²) in [5.74, 6) is 0.842. The predicted molar refractivity (Wildman–Crippen MR) is 76.8 cm³/mol. The van der Waals surface area contributed by atoms with Crippen LogP contribution >= 0.6 is 0 Å². The van der Waals surface area contributed by atoms with Gasteiger partial charge in [-0.25, -0.2) is 0 Å². The molecule has 2 aliphatic rings. The molecule has 1 fully saturated rings. The first-order valence-electron chi connectivity index (χ1n) is 7.72. The van der Waals surface area contributed by atoms with Gasteiger partial charge in [-0.05, 0) is 44.6 Å². The van der Waals surface area contributed by atoms with E-state index in [-0.39, 0.29) is 12.5 Å². The SMILES string of the molecule is O=C(COc1ccnc2c1CCCC2)NC1CCCC1. The van der Waals surface area contributed by atoms with Crippen LogP contribution in [0.5, 0.6) is 5.75 Å². The molecular formula is C16H22N2O2. The average molecular weight is 274 g/mol. The van der Waals surface area contributed by atoms with Gasteiger partial charge in [0.15, 0.2) is 6.61 Å². The molecule has 1 saturated carbocycles. The second-order valence-corrected chi connectivity index (χ2v) is 5.78. The summed E-state index contributed by atoms with van der Waals surface area (Å²) >= 11 is 0. The molecule has 1 aromatic heterocycles. The van der Waals surface area contributed by atoms with Gasteiger partial charge in [0, 0.05) is 23.5 Å². The van der Waals surface area contributed by atoms with Gasteiger partial charge in [-0.15, -0.1) is 0 Å². The first-order chi connectivity index (χ1) is 9.83. The Balaban J connectivity index is 1.56. The van der Waals surface area contributed by atoms with Crippen molar-refractivity contribution in [3.8, 4) is 5.75 Å². The van der Waals surface area contributed by atoms with Crippen LogP contribution in [0, 0.1) is 0 Å². The van der Waals surface area contributed by atoms with Gasteiger partial charge in [-0.3, -0.25) is 9.78 Å². The zero-order valence-corrected chi connectivity index (χ0v) is 11.9. The first-order valence-corrected chi connectivity index (χ1v) is 7.72. The zero-order chi connectivity index (χ0) is 13.8. The van der Waals surface area contributed by atoms with E-state index in [0.717, 1.165) is 37.1 Å². The minimum absolute atomic E-state index is 0.00160. The summed E-state index contributed by atoms with van der Waals surface area (Å²) in [5.41, 5.74) is 2.34. The van der Waals surface area contributed by atoms with Crippen LogP contribution in [0.1, 0.15) is 49.8 Å². The molecule has 20 heavy (non-hydrogen) atoms. The molecule has 0 bridgehead atoms. The van der Waals surface area contributed by atoms with Crippen LogP contribution in [0.15, 0.2) is 12.3 Å². The molecule has 0 spiro atoms. The maximum Gasteiger partial charge on any atom is 0.258 e. The number of aryl methyl sites for hydroxylation is 1. The lowest BCUT2D eigenvalue weighted by molar-refractivity contribution is -0.123. The van der Waals surface area contributed by atoms with E-state index in [4.69, 9.17) is 4.74 Å². The average Bonchev–Trinajstić information content (AvgIpc) is 2.98. The van der Waals surface area contributed by atoms with Gasteiger partial charge in [0.1, 0.15) is 5.75 Å². The third-order valence-electron chi connectivity index (χ3n) is 4.27. The quantitative estimate of drug-likeness (QED) is 0.917. The molecular weight excluding hydrogens is 252 g/mol. The van der Waals surface area contributed by atoms with Crippen LogP contribution in [0.4, 0.5) is 0 Å². The number of carbonyl (C=O) groups excluding carboxylic acids is 1. The Morgan fingerprint density at radius 2 is 2.05 bits per heavy atom. The molecule has 0 aliphatic heterocycles. The Bertz CT molecular complexity index is 481. The highest BCUT2D eigenvalue weighted by atomic mass is 16.5. The minimum atomic E-state index is -0.00160. The van der Waals surface area contributed by atoms with E-state index in [1.54, 1.807) is 6.20 Å². The van der Waals surface area contributed by atoms with E-state index in [1.807, 2.05) is 6.07 Å². The molecule has 0 aromatic carbocycles. The lowest BCUT2D eigenvalue weighted by Crippen LogP contribution is -2.36. The topological polar surface area (TPSA) is 51.2 Å². The number of carbonyl (C=O) groups is 1. The summed E-state index contributed by atoms with van der Waals surface area (Å²) in [7, 11) is 0. The molecule has 1 N–H and O–H groups in total. The van der Waals surface area contributed by atoms with Crippen molar-refractivity contribution in [2.45, 2.75) is 57.4 Å². The molecule has 3 rings (SSSR count). The minimum Gasteiger partial charge on any atom is -0.483 e. The number of aromatic nitrogens is 1. The van der Waals surface area contributed by atoms with E-state index >= 15 is 0 Å². The van der Waals surface area contributed by atoms with E-state index < -0.39 is 0 Å². The monoisotopic (exact) mass is 274 g/mol. The summed E-state index contributed by atoms with van der Waals surface area (Å²) in [4.78, 5) is 16.3. The fourth-order valence-electron chi connectivity index (χ4n) is 3.21. The van der Waals surface area contributed by atoms with Crippen molar-refractivity contribution in [1.82, 2.24) is 10.3 Å². The predicted octanol–water partition coefficient (Wildman–Crippen LogP) is 2.40. The Hall–Kier alpha value is -1.58. The second-order valence-electron chi connectivity index (χ2n) is 5.78. The molecule has 0 unspecified atom stereocenters. The largest absolute Gasteiger partial charge is 0.483 e. The number of nitrogens with zero attached hydrogens (tertiary/aromatic N) is 1. The van der Waals surface area contributed by atoms with Gasteiger partial charge in [0.2, 0.25) is 0 Å². The molecule has 0 atom stereocenters.